The third kappa shape index (κ3) is 2.75. The van der Waals surface area contributed by atoms with Crippen molar-refractivity contribution in [1.82, 2.24) is 15.1 Å². The summed E-state index contributed by atoms with van der Waals surface area (Å²) >= 11 is 0. The average Bonchev–Trinajstić information content (AvgIpc) is 2.62. The summed E-state index contributed by atoms with van der Waals surface area (Å²) in [6, 6.07) is 0.721. The summed E-state index contributed by atoms with van der Waals surface area (Å²) < 4.78 is 0. The van der Waals surface area contributed by atoms with E-state index in [9.17, 15) is 14.7 Å². The number of likely N-dealkylation sites (N-methyl/N-ethyl adjacent to an activating group) is 1. The molecule has 2 amide bonds. The molecule has 2 aliphatic heterocycles. The van der Waals surface area contributed by atoms with Crippen molar-refractivity contribution >= 4 is 12.0 Å². The lowest BCUT2D eigenvalue weighted by Crippen LogP contribution is -2.56. The van der Waals surface area contributed by atoms with Crippen LogP contribution in [0, 0.1) is 0 Å². The first-order valence-electron chi connectivity index (χ1n) is 7.40. The van der Waals surface area contributed by atoms with E-state index in [1.807, 2.05) is 0 Å². The number of fused-ring (bicyclic) bond motifs is 2. The lowest BCUT2D eigenvalue weighted by atomic mass is 9.99. The SMILES string of the molecule is CCC(C)(NC(=O)N1CCC2CCC(C1)N2C)C(=O)O. The molecule has 0 aromatic carbocycles. The minimum atomic E-state index is -1.19. The summed E-state index contributed by atoms with van der Waals surface area (Å²) in [6.07, 6.45) is 3.66. The summed E-state index contributed by atoms with van der Waals surface area (Å²) in [7, 11) is 2.12. The van der Waals surface area contributed by atoms with E-state index in [0.717, 1.165) is 12.8 Å². The second kappa shape index (κ2) is 5.60. The highest BCUT2D eigenvalue weighted by Gasteiger charge is 2.38. The molecule has 2 N–H and O–H groups in total. The summed E-state index contributed by atoms with van der Waals surface area (Å²) in [5.74, 6) is -0.984. The Bertz CT molecular complexity index is 401. The summed E-state index contributed by atoms with van der Waals surface area (Å²) in [5, 5.41) is 11.9. The fraction of sp³-hybridized carbons (Fsp3) is 0.857. The van der Waals surface area contributed by atoms with Crippen molar-refractivity contribution in [2.75, 3.05) is 20.1 Å². The third-order valence-electron chi connectivity index (χ3n) is 5.00. The van der Waals surface area contributed by atoms with Gasteiger partial charge in [-0.2, -0.15) is 0 Å². The van der Waals surface area contributed by atoms with Crippen molar-refractivity contribution in [3.63, 3.8) is 0 Å². The number of likely N-dealkylation sites (tertiary alicyclic amines) is 1. The predicted molar refractivity (Wildman–Crippen MR) is 75.6 cm³/mol. The van der Waals surface area contributed by atoms with Gasteiger partial charge in [0, 0.05) is 25.2 Å². The van der Waals surface area contributed by atoms with Crippen LogP contribution < -0.4 is 5.32 Å². The predicted octanol–water partition coefficient (Wildman–Crippen LogP) is 1.12. The minimum Gasteiger partial charge on any atom is -0.480 e. The molecule has 2 rings (SSSR count). The van der Waals surface area contributed by atoms with E-state index >= 15 is 0 Å². The standard InChI is InChI=1S/C14H25N3O3/c1-4-14(2,12(18)19)15-13(20)17-8-7-10-5-6-11(9-17)16(10)3/h10-11H,4-9H2,1-3H3,(H,15,20)(H,18,19). The molecule has 0 spiro atoms. The van der Waals surface area contributed by atoms with Gasteiger partial charge in [0.25, 0.3) is 0 Å². The molecule has 3 unspecified atom stereocenters. The molecular weight excluding hydrogens is 258 g/mol. The fourth-order valence-electron chi connectivity index (χ4n) is 3.10. The molecule has 2 aliphatic rings. The van der Waals surface area contributed by atoms with Crippen LogP contribution in [0.25, 0.3) is 0 Å². The Labute approximate surface area is 120 Å². The Morgan fingerprint density at radius 3 is 2.55 bits per heavy atom. The van der Waals surface area contributed by atoms with Gasteiger partial charge in [-0.15, -0.1) is 0 Å². The fourth-order valence-corrected chi connectivity index (χ4v) is 3.10. The maximum absolute atomic E-state index is 12.3. The highest BCUT2D eigenvalue weighted by Crippen LogP contribution is 2.28. The van der Waals surface area contributed by atoms with E-state index in [2.05, 4.69) is 17.3 Å². The number of hydrogen-bond acceptors (Lipinski definition) is 3. The van der Waals surface area contributed by atoms with Crippen LogP contribution in [-0.4, -0.2) is 64.7 Å². The number of urea groups is 1. The molecule has 20 heavy (non-hydrogen) atoms. The zero-order valence-electron chi connectivity index (χ0n) is 12.6. The molecule has 2 heterocycles. The summed E-state index contributed by atoms with van der Waals surface area (Å²) in [5.41, 5.74) is -1.19. The number of carboxylic acids is 1. The van der Waals surface area contributed by atoms with Gasteiger partial charge in [0.2, 0.25) is 0 Å². The van der Waals surface area contributed by atoms with Gasteiger partial charge >= 0.3 is 12.0 Å². The van der Waals surface area contributed by atoms with Gasteiger partial charge in [0.15, 0.2) is 0 Å². The zero-order chi connectivity index (χ0) is 14.9. The van der Waals surface area contributed by atoms with Crippen molar-refractivity contribution < 1.29 is 14.7 Å². The van der Waals surface area contributed by atoms with Crippen molar-refractivity contribution in [1.29, 1.82) is 0 Å². The highest BCUT2D eigenvalue weighted by atomic mass is 16.4. The monoisotopic (exact) mass is 283 g/mol. The topological polar surface area (TPSA) is 72.9 Å². The quantitative estimate of drug-likeness (QED) is 0.814. The molecule has 2 bridgehead atoms. The molecule has 3 atom stereocenters. The van der Waals surface area contributed by atoms with Crippen LogP contribution in [0.2, 0.25) is 0 Å². The number of carboxylic acid groups (broad SMARTS) is 1. The number of aliphatic carboxylic acids is 1. The van der Waals surface area contributed by atoms with Gasteiger partial charge in [-0.1, -0.05) is 6.92 Å². The normalized spacial score (nSPS) is 29.6. The molecule has 2 saturated heterocycles. The number of carbonyl (C=O) groups excluding carboxylic acids is 1. The number of nitrogens with zero attached hydrogens (tertiary/aromatic N) is 2. The lowest BCUT2D eigenvalue weighted by Gasteiger charge is -2.31. The van der Waals surface area contributed by atoms with E-state index in [4.69, 9.17) is 0 Å². The Hall–Kier alpha value is -1.30. The average molecular weight is 283 g/mol. The Balaban J connectivity index is 2.01. The first kappa shape index (κ1) is 15.1. The minimum absolute atomic E-state index is 0.252. The maximum Gasteiger partial charge on any atom is 0.329 e. The van der Waals surface area contributed by atoms with E-state index in [1.165, 1.54) is 6.42 Å². The van der Waals surface area contributed by atoms with Crippen LogP contribution in [-0.2, 0) is 4.79 Å². The molecule has 2 fully saturated rings. The van der Waals surface area contributed by atoms with Crippen LogP contribution in [0.5, 0.6) is 0 Å². The Morgan fingerprint density at radius 1 is 1.30 bits per heavy atom. The Kier molecular flexibility index (Phi) is 4.22. The molecule has 6 nitrogen and oxygen atoms in total. The molecule has 0 aromatic rings. The van der Waals surface area contributed by atoms with Crippen LogP contribution in [0.1, 0.15) is 39.5 Å². The molecule has 0 radical (unpaired) electrons. The number of rotatable bonds is 3. The molecule has 0 aliphatic carbocycles. The van der Waals surface area contributed by atoms with Crippen LogP contribution >= 0.6 is 0 Å². The summed E-state index contributed by atoms with van der Waals surface area (Å²) in [6.45, 7) is 4.73. The van der Waals surface area contributed by atoms with Crippen molar-refractivity contribution in [3.8, 4) is 0 Å². The highest BCUT2D eigenvalue weighted by molar-refractivity contribution is 5.85. The smallest absolute Gasteiger partial charge is 0.329 e. The molecular formula is C14H25N3O3. The van der Waals surface area contributed by atoms with Crippen LogP contribution in [0.3, 0.4) is 0 Å². The van der Waals surface area contributed by atoms with Crippen molar-refractivity contribution in [2.24, 2.45) is 0 Å². The van der Waals surface area contributed by atoms with E-state index in [-0.39, 0.29) is 6.03 Å². The first-order chi connectivity index (χ1) is 9.37. The van der Waals surface area contributed by atoms with Gasteiger partial charge in [-0.05, 0) is 39.7 Å². The Morgan fingerprint density at radius 2 is 1.95 bits per heavy atom. The number of amides is 2. The van der Waals surface area contributed by atoms with E-state index in [1.54, 1.807) is 18.7 Å². The largest absolute Gasteiger partial charge is 0.480 e. The van der Waals surface area contributed by atoms with Gasteiger partial charge in [0.05, 0.1) is 0 Å². The molecule has 0 saturated carbocycles. The van der Waals surface area contributed by atoms with Gasteiger partial charge in [-0.25, -0.2) is 9.59 Å². The number of hydrogen-bond donors (Lipinski definition) is 2. The zero-order valence-corrected chi connectivity index (χ0v) is 12.6. The molecule has 114 valence electrons. The van der Waals surface area contributed by atoms with Crippen molar-refractivity contribution in [2.45, 2.75) is 57.2 Å². The number of carbonyl (C=O) groups is 2. The van der Waals surface area contributed by atoms with Crippen LogP contribution in [0.15, 0.2) is 0 Å². The summed E-state index contributed by atoms with van der Waals surface area (Å²) in [4.78, 5) is 27.8. The molecule has 6 heteroatoms. The van der Waals surface area contributed by atoms with Gasteiger partial charge < -0.3 is 15.3 Å². The molecule has 0 aromatic heterocycles. The number of nitrogens with one attached hydrogen (secondary N) is 1. The van der Waals surface area contributed by atoms with Gasteiger partial charge in [-0.3, -0.25) is 4.90 Å². The lowest BCUT2D eigenvalue weighted by molar-refractivity contribution is -0.143. The second-order valence-corrected chi connectivity index (χ2v) is 6.21. The second-order valence-electron chi connectivity index (χ2n) is 6.21. The van der Waals surface area contributed by atoms with Crippen LogP contribution in [0.4, 0.5) is 4.79 Å². The third-order valence-corrected chi connectivity index (χ3v) is 5.00. The first-order valence-corrected chi connectivity index (χ1v) is 7.40. The maximum atomic E-state index is 12.3. The van der Waals surface area contributed by atoms with E-state index in [0.29, 0.717) is 31.6 Å². The van der Waals surface area contributed by atoms with Crippen molar-refractivity contribution in [3.05, 3.63) is 0 Å². The van der Waals surface area contributed by atoms with E-state index < -0.39 is 11.5 Å². The van der Waals surface area contributed by atoms with Gasteiger partial charge in [0.1, 0.15) is 5.54 Å².